The second-order valence-corrected chi connectivity index (χ2v) is 5.91. The normalized spacial score (nSPS) is 10.6. The number of hydrogen-bond acceptors (Lipinski definition) is 7. The van der Waals surface area contributed by atoms with E-state index in [0.717, 1.165) is 11.1 Å². The molecule has 0 aliphatic heterocycles. The fourth-order valence-corrected chi connectivity index (χ4v) is 2.64. The maximum Gasteiger partial charge on any atom is 0.227 e. The van der Waals surface area contributed by atoms with Crippen LogP contribution in [0.4, 0.5) is 0 Å². The van der Waals surface area contributed by atoms with Crippen LogP contribution < -0.4 is 15.2 Å². The van der Waals surface area contributed by atoms with Crippen molar-refractivity contribution in [3.05, 3.63) is 59.5 Å². The van der Waals surface area contributed by atoms with Crippen LogP contribution in [0.5, 0.6) is 11.5 Å². The van der Waals surface area contributed by atoms with Gasteiger partial charge in [0.1, 0.15) is 0 Å². The first kappa shape index (κ1) is 18.6. The van der Waals surface area contributed by atoms with Crippen LogP contribution in [0, 0.1) is 0 Å². The maximum atomic E-state index is 12.4. The Morgan fingerprint density at radius 3 is 2.48 bits per heavy atom. The Bertz CT molecular complexity index is 919. The van der Waals surface area contributed by atoms with E-state index in [1.54, 1.807) is 25.3 Å². The van der Waals surface area contributed by atoms with Crippen molar-refractivity contribution in [2.24, 2.45) is 5.73 Å². The summed E-state index contributed by atoms with van der Waals surface area (Å²) in [5.41, 5.74) is 8.01. The molecule has 0 atom stereocenters. The largest absolute Gasteiger partial charge is 0.493 e. The van der Waals surface area contributed by atoms with Crippen molar-refractivity contribution in [3.63, 3.8) is 0 Å². The van der Waals surface area contributed by atoms with Crippen LogP contribution >= 0.6 is 0 Å². The minimum atomic E-state index is -0.0389. The van der Waals surface area contributed by atoms with E-state index in [4.69, 9.17) is 19.7 Å². The van der Waals surface area contributed by atoms with Gasteiger partial charge in [-0.05, 0) is 23.8 Å². The third-order valence-electron chi connectivity index (χ3n) is 4.19. The highest BCUT2D eigenvalue weighted by atomic mass is 16.5. The third-order valence-corrected chi connectivity index (χ3v) is 4.19. The van der Waals surface area contributed by atoms with Crippen LogP contribution in [0.1, 0.15) is 28.2 Å². The Labute approximate surface area is 157 Å². The Balaban J connectivity index is 1.65. The number of hydrogen-bond donors (Lipinski definition) is 1. The molecule has 1 aromatic heterocycles. The molecule has 0 saturated heterocycles. The first-order valence-corrected chi connectivity index (χ1v) is 8.51. The number of Topliss-reactive ketones (excluding diaryl/α,β-unsaturated/α-hetero) is 1. The fourth-order valence-electron chi connectivity index (χ4n) is 2.64. The lowest BCUT2D eigenvalue weighted by atomic mass is 10.1. The third kappa shape index (κ3) is 4.32. The summed E-state index contributed by atoms with van der Waals surface area (Å²) < 4.78 is 15.7. The number of rotatable bonds is 8. The Kier molecular flexibility index (Phi) is 5.83. The summed E-state index contributed by atoms with van der Waals surface area (Å²) in [6.07, 6.45) is 0.615. The summed E-state index contributed by atoms with van der Waals surface area (Å²) in [5.74, 6) is 1.97. The summed E-state index contributed by atoms with van der Waals surface area (Å²) in [4.78, 5) is 16.8. The van der Waals surface area contributed by atoms with Crippen LogP contribution in [0.25, 0.3) is 11.4 Å². The summed E-state index contributed by atoms with van der Waals surface area (Å²) >= 11 is 0. The summed E-state index contributed by atoms with van der Waals surface area (Å²) in [5, 5.41) is 3.98. The van der Waals surface area contributed by atoms with E-state index in [-0.39, 0.29) is 12.2 Å². The smallest absolute Gasteiger partial charge is 0.227 e. The molecule has 7 nitrogen and oxygen atoms in total. The van der Waals surface area contributed by atoms with Gasteiger partial charge in [0.05, 0.1) is 14.2 Å². The molecule has 27 heavy (non-hydrogen) atoms. The highest BCUT2D eigenvalue weighted by Crippen LogP contribution is 2.28. The molecule has 0 aliphatic rings. The number of ketones is 1. The van der Waals surface area contributed by atoms with Crippen LogP contribution in [-0.4, -0.2) is 30.1 Å². The molecule has 140 valence electrons. The average molecular weight is 367 g/mol. The number of benzene rings is 2. The van der Waals surface area contributed by atoms with Gasteiger partial charge in [-0.3, -0.25) is 4.79 Å². The molecule has 3 aromatic rings. The molecule has 0 spiro atoms. The molecule has 0 saturated carbocycles. The number of carbonyl (C=O) groups excluding carboxylic acids is 1. The number of carbonyl (C=O) groups is 1. The van der Waals surface area contributed by atoms with Gasteiger partial charge >= 0.3 is 0 Å². The van der Waals surface area contributed by atoms with E-state index < -0.39 is 0 Å². The fraction of sp³-hybridized carbons (Fsp3) is 0.250. The molecule has 0 aliphatic carbocycles. The molecule has 0 bridgehead atoms. The maximum absolute atomic E-state index is 12.4. The van der Waals surface area contributed by atoms with Crippen LogP contribution in [-0.2, 0) is 13.0 Å². The summed E-state index contributed by atoms with van der Waals surface area (Å²) in [6.45, 7) is 0.482. The predicted octanol–water partition coefficient (Wildman–Crippen LogP) is 3.03. The molecule has 7 heteroatoms. The van der Waals surface area contributed by atoms with Gasteiger partial charge in [-0.1, -0.05) is 29.4 Å². The second-order valence-electron chi connectivity index (χ2n) is 5.91. The van der Waals surface area contributed by atoms with Gasteiger partial charge in [-0.2, -0.15) is 4.98 Å². The van der Waals surface area contributed by atoms with Crippen molar-refractivity contribution in [3.8, 4) is 22.9 Å². The molecule has 0 amide bonds. The first-order chi connectivity index (χ1) is 13.1. The quantitative estimate of drug-likeness (QED) is 0.611. The molecule has 2 N–H and O–H groups in total. The molecular formula is C20H21N3O4. The molecule has 1 heterocycles. The van der Waals surface area contributed by atoms with Gasteiger partial charge in [0.15, 0.2) is 17.3 Å². The van der Waals surface area contributed by atoms with Gasteiger partial charge in [0.25, 0.3) is 0 Å². The zero-order valence-electron chi connectivity index (χ0n) is 15.3. The lowest BCUT2D eigenvalue weighted by Crippen LogP contribution is -2.02. The molecule has 0 fully saturated rings. The minimum Gasteiger partial charge on any atom is -0.493 e. The van der Waals surface area contributed by atoms with Gasteiger partial charge in [0, 0.05) is 30.5 Å². The zero-order chi connectivity index (χ0) is 19.2. The molecule has 0 unspecified atom stereocenters. The highest BCUT2D eigenvalue weighted by Gasteiger charge is 2.14. The van der Waals surface area contributed by atoms with E-state index >= 15 is 0 Å². The standard InChI is InChI=1S/C20H21N3O4/c1-25-17-9-7-15(11-18(17)26-2)16(24)8-10-19-22-20(23-27-19)14-5-3-13(12-21)4-6-14/h3-7,9,11H,8,10,12,21H2,1-2H3. The number of methoxy groups -OCH3 is 2. The number of nitrogens with two attached hydrogens (primary N) is 1. The van der Waals surface area contributed by atoms with Gasteiger partial charge in [0.2, 0.25) is 11.7 Å². The summed E-state index contributed by atoms with van der Waals surface area (Å²) in [6, 6.07) is 12.7. The van der Waals surface area contributed by atoms with Crippen LogP contribution in [0.3, 0.4) is 0 Å². The van der Waals surface area contributed by atoms with E-state index in [1.165, 1.54) is 7.11 Å². The minimum absolute atomic E-state index is 0.0389. The Hall–Kier alpha value is -3.19. The van der Waals surface area contributed by atoms with Gasteiger partial charge in [-0.15, -0.1) is 0 Å². The number of aryl methyl sites for hydroxylation is 1. The van der Waals surface area contributed by atoms with E-state index in [9.17, 15) is 4.79 Å². The lowest BCUT2D eigenvalue weighted by molar-refractivity contribution is 0.0979. The zero-order valence-corrected chi connectivity index (χ0v) is 15.3. The number of nitrogens with zero attached hydrogens (tertiary/aromatic N) is 2. The average Bonchev–Trinajstić information content (AvgIpc) is 3.20. The Morgan fingerprint density at radius 2 is 1.81 bits per heavy atom. The van der Waals surface area contributed by atoms with Gasteiger partial charge in [-0.25, -0.2) is 0 Å². The van der Waals surface area contributed by atoms with Crippen LogP contribution in [0.2, 0.25) is 0 Å². The van der Waals surface area contributed by atoms with Crippen LogP contribution in [0.15, 0.2) is 47.0 Å². The van der Waals surface area contributed by atoms with Crippen molar-refractivity contribution >= 4 is 5.78 Å². The number of ether oxygens (including phenoxy) is 2. The monoisotopic (exact) mass is 367 g/mol. The topological polar surface area (TPSA) is 100 Å². The Morgan fingerprint density at radius 1 is 1.07 bits per heavy atom. The van der Waals surface area contributed by atoms with Crippen molar-refractivity contribution in [1.29, 1.82) is 0 Å². The van der Waals surface area contributed by atoms with Crippen molar-refractivity contribution in [2.75, 3.05) is 14.2 Å². The molecule has 0 radical (unpaired) electrons. The van der Waals surface area contributed by atoms with E-state index in [1.807, 2.05) is 24.3 Å². The van der Waals surface area contributed by atoms with Crippen molar-refractivity contribution in [1.82, 2.24) is 10.1 Å². The molecule has 2 aromatic carbocycles. The van der Waals surface area contributed by atoms with Crippen molar-refractivity contribution in [2.45, 2.75) is 19.4 Å². The molecular weight excluding hydrogens is 346 g/mol. The van der Waals surface area contributed by atoms with E-state index in [2.05, 4.69) is 10.1 Å². The van der Waals surface area contributed by atoms with Gasteiger partial charge < -0.3 is 19.7 Å². The molecule has 3 rings (SSSR count). The SMILES string of the molecule is COc1ccc(C(=O)CCc2nc(-c3ccc(CN)cc3)no2)cc1OC. The number of aromatic nitrogens is 2. The second kappa shape index (κ2) is 8.46. The lowest BCUT2D eigenvalue weighted by Gasteiger charge is -2.08. The summed E-state index contributed by atoms with van der Waals surface area (Å²) in [7, 11) is 3.09. The highest BCUT2D eigenvalue weighted by molar-refractivity contribution is 5.96. The van der Waals surface area contributed by atoms with E-state index in [0.29, 0.717) is 41.7 Å². The van der Waals surface area contributed by atoms with Crippen molar-refractivity contribution < 1.29 is 18.8 Å². The predicted molar refractivity (Wildman–Crippen MR) is 99.8 cm³/mol. The first-order valence-electron chi connectivity index (χ1n) is 8.51.